The van der Waals surface area contributed by atoms with E-state index in [1.807, 2.05) is 43.1 Å². The molecule has 1 heterocycles. The standard InChI is InChI=1S/C12H13N2.ClH/c1-2-14(9-8-13-11-14)10-12-6-4-3-5-7-12;/h2-9,11H,1,10H2;1H/q+1;/p-1. The van der Waals surface area contributed by atoms with Crippen LogP contribution in [0.15, 0.2) is 60.5 Å². The summed E-state index contributed by atoms with van der Waals surface area (Å²) < 4.78 is 0.601. The zero-order valence-electron chi connectivity index (χ0n) is 8.38. The highest BCUT2D eigenvalue weighted by Crippen LogP contribution is 2.17. The van der Waals surface area contributed by atoms with Gasteiger partial charge in [0.05, 0.1) is 12.4 Å². The van der Waals surface area contributed by atoms with Crippen LogP contribution in [0.4, 0.5) is 0 Å². The van der Waals surface area contributed by atoms with Crippen molar-refractivity contribution in [3.8, 4) is 0 Å². The Bertz CT molecular complexity index is 370. The minimum Gasteiger partial charge on any atom is -1.00 e. The van der Waals surface area contributed by atoms with Crippen molar-refractivity contribution in [3.63, 3.8) is 0 Å². The van der Waals surface area contributed by atoms with Crippen LogP contribution in [-0.4, -0.2) is 10.8 Å². The van der Waals surface area contributed by atoms with Crippen LogP contribution in [0.25, 0.3) is 0 Å². The Morgan fingerprint density at radius 3 is 2.53 bits per heavy atom. The predicted octanol–water partition coefficient (Wildman–Crippen LogP) is -0.336. The Balaban J connectivity index is 0.00000112. The van der Waals surface area contributed by atoms with Gasteiger partial charge < -0.3 is 12.4 Å². The Morgan fingerprint density at radius 1 is 1.27 bits per heavy atom. The molecule has 0 radical (unpaired) electrons. The molecule has 1 atom stereocenters. The van der Waals surface area contributed by atoms with E-state index in [1.165, 1.54) is 5.56 Å². The summed E-state index contributed by atoms with van der Waals surface area (Å²) in [6.45, 7) is 4.72. The predicted molar refractivity (Wildman–Crippen MR) is 58.2 cm³/mol. The second-order valence-corrected chi connectivity index (χ2v) is 3.38. The maximum absolute atomic E-state index is 4.10. The van der Waals surface area contributed by atoms with Crippen LogP contribution in [0.3, 0.4) is 0 Å². The zero-order chi connectivity index (χ0) is 9.86. The number of benzene rings is 1. The van der Waals surface area contributed by atoms with Crippen LogP contribution in [0.2, 0.25) is 0 Å². The molecular weight excluding hydrogens is 208 g/mol. The largest absolute Gasteiger partial charge is 1.00 e. The van der Waals surface area contributed by atoms with Crippen LogP contribution in [0.1, 0.15) is 5.56 Å². The summed E-state index contributed by atoms with van der Waals surface area (Å²) in [7, 11) is 0. The van der Waals surface area contributed by atoms with E-state index in [9.17, 15) is 0 Å². The maximum Gasteiger partial charge on any atom is 0.199 e. The molecule has 1 aromatic carbocycles. The average molecular weight is 221 g/mol. The van der Waals surface area contributed by atoms with E-state index in [1.54, 1.807) is 0 Å². The van der Waals surface area contributed by atoms with Crippen molar-refractivity contribution in [2.24, 2.45) is 4.99 Å². The van der Waals surface area contributed by atoms with E-state index < -0.39 is 0 Å². The van der Waals surface area contributed by atoms with Gasteiger partial charge >= 0.3 is 0 Å². The fourth-order valence-electron chi connectivity index (χ4n) is 1.53. The molecule has 1 unspecified atom stereocenters. The number of halogens is 1. The van der Waals surface area contributed by atoms with E-state index in [0.717, 1.165) is 6.54 Å². The van der Waals surface area contributed by atoms with Gasteiger partial charge in [0.15, 0.2) is 6.34 Å². The van der Waals surface area contributed by atoms with Gasteiger partial charge in [-0.1, -0.05) is 30.3 Å². The third kappa shape index (κ3) is 2.55. The molecule has 0 spiro atoms. The molecule has 0 saturated heterocycles. The lowest BCUT2D eigenvalue weighted by Gasteiger charge is -2.21. The highest BCUT2D eigenvalue weighted by molar-refractivity contribution is 5.52. The highest BCUT2D eigenvalue weighted by atomic mass is 35.5. The molecule has 15 heavy (non-hydrogen) atoms. The Hall–Kier alpha value is -1.38. The van der Waals surface area contributed by atoms with Gasteiger partial charge in [0.2, 0.25) is 0 Å². The summed E-state index contributed by atoms with van der Waals surface area (Å²) in [5, 5.41) is 0. The normalized spacial score (nSPS) is 22.4. The van der Waals surface area contributed by atoms with Gasteiger partial charge in [-0.2, -0.15) is 0 Å². The average Bonchev–Trinajstić information content (AvgIpc) is 2.69. The molecule has 1 aliphatic heterocycles. The van der Waals surface area contributed by atoms with Crippen molar-refractivity contribution in [1.82, 2.24) is 0 Å². The molecular formula is C12H13ClN2. The molecule has 3 heteroatoms. The van der Waals surface area contributed by atoms with Gasteiger partial charge in [0.25, 0.3) is 0 Å². The van der Waals surface area contributed by atoms with Crippen molar-refractivity contribution in [3.05, 3.63) is 61.1 Å². The van der Waals surface area contributed by atoms with Gasteiger partial charge in [-0.05, 0) is 6.58 Å². The molecule has 0 aromatic heterocycles. The van der Waals surface area contributed by atoms with Crippen LogP contribution in [-0.2, 0) is 6.54 Å². The number of quaternary nitrogens is 1. The van der Waals surface area contributed by atoms with E-state index in [2.05, 4.69) is 23.7 Å². The summed E-state index contributed by atoms with van der Waals surface area (Å²) in [4.78, 5) is 4.10. The Kier molecular flexibility index (Phi) is 3.83. The molecule has 0 N–H and O–H groups in total. The SMILES string of the molecule is C=C[N+]1(Cc2ccccc2)C=CN=C1.[Cl-]. The van der Waals surface area contributed by atoms with E-state index >= 15 is 0 Å². The van der Waals surface area contributed by atoms with Crippen LogP contribution in [0, 0.1) is 0 Å². The second-order valence-electron chi connectivity index (χ2n) is 3.38. The third-order valence-electron chi connectivity index (χ3n) is 2.35. The number of hydrogen-bond donors (Lipinski definition) is 0. The molecule has 0 bridgehead atoms. The molecule has 2 rings (SSSR count). The quantitative estimate of drug-likeness (QED) is 0.619. The third-order valence-corrected chi connectivity index (χ3v) is 2.35. The van der Waals surface area contributed by atoms with E-state index in [4.69, 9.17) is 0 Å². The molecule has 78 valence electrons. The van der Waals surface area contributed by atoms with Crippen molar-refractivity contribution >= 4 is 6.34 Å². The van der Waals surface area contributed by atoms with Crippen molar-refractivity contribution in [1.29, 1.82) is 0 Å². The first-order valence-corrected chi connectivity index (χ1v) is 4.61. The smallest absolute Gasteiger partial charge is 0.199 e. The molecule has 1 aliphatic rings. The van der Waals surface area contributed by atoms with Gasteiger partial charge in [-0.25, -0.2) is 9.48 Å². The number of rotatable bonds is 3. The van der Waals surface area contributed by atoms with Crippen LogP contribution in [0.5, 0.6) is 0 Å². The number of nitrogens with zero attached hydrogens (tertiary/aromatic N) is 2. The first kappa shape index (κ1) is 11.7. The molecule has 0 aliphatic carbocycles. The minimum absolute atomic E-state index is 0. The lowest BCUT2D eigenvalue weighted by molar-refractivity contribution is -0.736. The molecule has 1 aromatic rings. The summed E-state index contributed by atoms with van der Waals surface area (Å²) >= 11 is 0. The van der Waals surface area contributed by atoms with Gasteiger partial charge in [-0.3, -0.25) is 0 Å². The van der Waals surface area contributed by atoms with E-state index in [0.29, 0.717) is 4.48 Å². The zero-order valence-corrected chi connectivity index (χ0v) is 9.14. The highest BCUT2D eigenvalue weighted by Gasteiger charge is 2.22. The monoisotopic (exact) mass is 220 g/mol. The molecule has 0 amide bonds. The van der Waals surface area contributed by atoms with Gasteiger partial charge in [0, 0.05) is 5.56 Å². The number of hydrogen-bond acceptors (Lipinski definition) is 1. The van der Waals surface area contributed by atoms with Crippen molar-refractivity contribution in [2.45, 2.75) is 6.54 Å². The van der Waals surface area contributed by atoms with Crippen molar-refractivity contribution < 1.29 is 16.9 Å². The fraction of sp³-hybridized carbons (Fsp3) is 0.0833. The molecule has 0 fully saturated rings. The first-order chi connectivity index (χ1) is 6.85. The van der Waals surface area contributed by atoms with E-state index in [-0.39, 0.29) is 12.4 Å². The summed E-state index contributed by atoms with van der Waals surface area (Å²) in [5.74, 6) is 0. The summed E-state index contributed by atoms with van der Waals surface area (Å²) in [6.07, 6.45) is 7.62. The Labute approximate surface area is 96.3 Å². The molecule has 0 saturated carbocycles. The minimum atomic E-state index is 0. The lowest BCUT2D eigenvalue weighted by Crippen LogP contribution is -3.00. The first-order valence-electron chi connectivity index (χ1n) is 4.61. The van der Waals surface area contributed by atoms with Crippen LogP contribution < -0.4 is 12.4 Å². The van der Waals surface area contributed by atoms with Gasteiger partial charge in [0.1, 0.15) is 12.7 Å². The summed E-state index contributed by atoms with van der Waals surface area (Å²) in [5.41, 5.74) is 1.28. The molecule has 2 nitrogen and oxygen atoms in total. The maximum atomic E-state index is 4.10. The number of aliphatic imine (C=N–C) groups is 1. The van der Waals surface area contributed by atoms with Crippen LogP contribution >= 0.6 is 0 Å². The summed E-state index contributed by atoms with van der Waals surface area (Å²) in [6, 6.07) is 10.3. The Morgan fingerprint density at radius 2 is 2.00 bits per heavy atom. The second kappa shape index (κ2) is 4.91. The topological polar surface area (TPSA) is 12.4 Å². The lowest BCUT2D eigenvalue weighted by atomic mass is 10.2. The van der Waals surface area contributed by atoms with Crippen molar-refractivity contribution in [2.75, 3.05) is 0 Å². The van der Waals surface area contributed by atoms with Gasteiger partial charge in [-0.15, -0.1) is 0 Å². The fourth-order valence-corrected chi connectivity index (χ4v) is 1.53.